The van der Waals surface area contributed by atoms with Crippen LogP contribution >= 0.6 is 0 Å². The fourth-order valence-corrected chi connectivity index (χ4v) is 3.08. The molecular weight excluding hydrogens is 300 g/mol. The van der Waals surface area contributed by atoms with Crippen LogP contribution in [0.4, 0.5) is 4.79 Å². The number of carbonyl (C=O) groups is 1. The lowest BCUT2D eigenvalue weighted by molar-refractivity contribution is 0.204. The van der Waals surface area contributed by atoms with Gasteiger partial charge in [-0.05, 0) is 44.5 Å². The van der Waals surface area contributed by atoms with E-state index in [2.05, 4.69) is 59.0 Å². The van der Waals surface area contributed by atoms with E-state index in [9.17, 15) is 4.79 Å². The summed E-state index contributed by atoms with van der Waals surface area (Å²) in [7, 11) is 5.95. The van der Waals surface area contributed by atoms with Crippen molar-refractivity contribution in [1.29, 1.82) is 0 Å². The van der Waals surface area contributed by atoms with Crippen LogP contribution in [0.15, 0.2) is 30.3 Å². The molecular formula is C19H30N4O. The van der Waals surface area contributed by atoms with Crippen LogP contribution in [0.5, 0.6) is 0 Å². The number of para-hydroxylation sites is 1. The topological polar surface area (TPSA) is 40.5 Å². The molecule has 1 atom stereocenters. The molecule has 0 aliphatic rings. The van der Waals surface area contributed by atoms with E-state index < -0.39 is 0 Å². The van der Waals surface area contributed by atoms with Crippen LogP contribution in [-0.2, 0) is 6.54 Å². The summed E-state index contributed by atoms with van der Waals surface area (Å²) in [6.45, 7) is 7.42. The molecule has 0 fully saturated rings. The molecule has 5 nitrogen and oxygen atoms in total. The van der Waals surface area contributed by atoms with Crippen LogP contribution in [0.3, 0.4) is 0 Å². The Balaban J connectivity index is 1.86. The number of hydrogen-bond donors (Lipinski definition) is 1. The number of nitrogens with zero attached hydrogens (tertiary/aromatic N) is 3. The average molecular weight is 330 g/mol. The molecule has 2 rings (SSSR count). The molecule has 0 saturated heterocycles. The first-order chi connectivity index (χ1) is 11.4. The summed E-state index contributed by atoms with van der Waals surface area (Å²) >= 11 is 0. The van der Waals surface area contributed by atoms with Crippen LogP contribution < -0.4 is 5.32 Å². The molecule has 1 N–H and O–H groups in total. The number of aryl methyl sites for hydroxylation is 1. The second kappa shape index (κ2) is 8.20. The van der Waals surface area contributed by atoms with E-state index >= 15 is 0 Å². The number of fused-ring (bicyclic) bond motifs is 1. The van der Waals surface area contributed by atoms with Crippen molar-refractivity contribution in [3.63, 3.8) is 0 Å². The molecule has 0 bridgehead atoms. The van der Waals surface area contributed by atoms with Crippen molar-refractivity contribution in [2.75, 3.05) is 40.8 Å². The highest BCUT2D eigenvalue weighted by atomic mass is 16.2. The molecule has 24 heavy (non-hydrogen) atoms. The van der Waals surface area contributed by atoms with Gasteiger partial charge in [-0.25, -0.2) is 4.79 Å². The van der Waals surface area contributed by atoms with Gasteiger partial charge in [0, 0.05) is 44.4 Å². The van der Waals surface area contributed by atoms with Crippen LogP contribution in [0.1, 0.15) is 12.6 Å². The molecule has 0 spiro atoms. The Hall–Kier alpha value is -2.01. The number of likely N-dealkylation sites (N-methyl/N-ethyl adjacent to an activating group) is 1. The second-order valence-corrected chi connectivity index (χ2v) is 6.97. The van der Waals surface area contributed by atoms with E-state index in [-0.39, 0.29) is 6.03 Å². The van der Waals surface area contributed by atoms with Crippen molar-refractivity contribution >= 4 is 16.9 Å². The molecule has 1 aromatic carbocycles. The third-order valence-electron chi connectivity index (χ3n) is 4.30. The molecule has 1 aromatic heterocycles. The summed E-state index contributed by atoms with van der Waals surface area (Å²) in [4.78, 5) is 16.1. The van der Waals surface area contributed by atoms with Crippen molar-refractivity contribution in [2.45, 2.75) is 20.4 Å². The number of benzene rings is 1. The van der Waals surface area contributed by atoms with Gasteiger partial charge in [0.25, 0.3) is 0 Å². The molecule has 2 aromatic rings. The lowest BCUT2D eigenvalue weighted by atomic mass is 10.2. The summed E-state index contributed by atoms with van der Waals surface area (Å²) in [5.41, 5.74) is 2.45. The quantitative estimate of drug-likeness (QED) is 0.848. The van der Waals surface area contributed by atoms with Crippen molar-refractivity contribution in [3.8, 4) is 0 Å². The second-order valence-electron chi connectivity index (χ2n) is 6.97. The number of aromatic nitrogens is 1. The number of hydrogen-bond acceptors (Lipinski definition) is 2. The van der Waals surface area contributed by atoms with Gasteiger partial charge in [-0.1, -0.05) is 25.1 Å². The molecule has 0 saturated carbocycles. The van der Waals surface area contributed by atoms with Gasteiger partial charge in [0.15, 0.2) is 0 Å². The van der Waals surface area contributed by atoms with E-state index in [0.717, 1.165) is 13.1 Å². The van der Waals surface area contributed by atoms with Crippen LogP contribution in [0.2, 0.25) is 0 Å². The fourth-order valence-electron chi connectivity index (χ4n) is 3.08. The molecule has 132 valence electrons. The van der Waals surface area contributed by atoms with Gasteiger partial charge in [-0.2, -0.15) is 0 Å². The van der Waals surface area contributed by atoms with Gasteiger partial charge in [0.05, 0.1) is 0 Å². The van der Waals surface area contributed by atoms with Crippen molar-refractivity contribution in [3.05, 3.63) is 36.0 Å². The normalized spacial score (nSPS) is 12.6. The summed E-state index contributed by atoms with van der Waals surface area (Å²) < 4.78 is 2.27. The Labute approximate surface area is 145 Å². The molecule has 0 unspecified atom stereocenters. The maximum atomic E-state index is 12.2. The van der Waals surface area contributed by atoms with Gasteiger partial charge in [0.2, 0.25) is 0 Å². The predicted octanol–water partition coefficient (Wildman–Crippen LogP) is 2.79. The number of rotatable bonds is 7. The summed E-state index contributed by atoms with van der Waals surface area (Å²) in [6.07, 6.45) is 0. The Kier molecular flexibility index (Phi) is 6.26. The summed E-state index contributed by atoms with van der Waals surface area (Å²) in [5, 5.41) is 4.27. The minimum atomic E-state index is -0.00489. The largest absolute Gasteiger partial charge is 0.343 e. The zero-order valence-electron chi connectivity index (χ0n) is 15.5. The Morgan fingerprint density at radius 1 is 1.25 bits per heavy atom. The third kappa shape index (κ3) is 4.74. The van der Waals surface area contributed by atoms with Crippen LogP contribution in [0, 0.1) is 12.8 Å². The first-order valence-corrected chi connectivity index (χ1v) is 8.57. The van der Waals surface area contributed by atoms with Gasteiger partial charge in [0.1, 0.15) is 0 Å². The van der Waals surface area contributed by atoms with E-state index in [4.69, 9.17) is 0 Å². The first kappa shape index (κ1) is 18.3. The first-order valence-electron chi connectivity index (χ1n) is 8.57. The maximum absolute atomic E-state index is 12.2. The summed E-state index contributed by atoms with van der Waals surface area (Å²) in [5.74, 6) is 0.438. The molecule has 0 aliphatic heterocycles. The fraction of sp³-hybridized carbons (Fsp3) is 0.526. The number of amides is 2. The molecule has 1 heterocycles. The molecule has 5 heteroatoms. The zero-order valence-corrected chi connectivity index (χ0v) is 15.5. The standard InChI is InChI=1S/C19H30N4O/c1-15(14-21(3)4)13-20-19(24)22(5)10-11-23-16(2)12-17-8-6-7-9-18(17)23/h6-9,12,15H,10-11,13-14H2,1-5H3,(H,20,24)/t15-/m1/s1. The van der Waals surface area contributed by atoms with E-state index in [0.29, 0.717) is 19.0 Å². The highest BCUT2D eigenvalue weighted by molar-refractivity contribution is 5.81. The van der Waals surface area contributed by atoms with E-state index in [1.807, 2.05) is 21.1 Å². The SMILES string of the molecule is Cc1cc2ccccc2n1CCN(C)C(=O)NC[C@@H](C)CN(C)C. The third-order valence-corrected chi connectivity index (χ3v) is 4.30. The van der Waals surface area contributed by atoms with Gasteiger partial charge in [-0.15, -0.1) is 0 Å². The average Bonchev–Trinajstić information content (AvgIpc) is 2.85. The summed E-state index contributed by atoms with van der Waals surface area (Å²) in [6, 6.07) is 10.6. The Morgan fingerprint density at radius 3 is 2.67 bits per heavy atom. The lowest BCUT2D eigenvalue weighted by Crippen LogP contribution is -2.41. The Bertz CT molecular complexity index is 677. The van der Waals surface area contributed by atoms with Crippen molar-refractivity contribution < 1.29 is 4.79 Å². The van der Waals surface area contributed by atoms with E-state index in [1.54, 1.807) is 4.90 Å². The van der Waals surface area contributed by atoms with Gasteiger partial charge in [-0.3, -0.25) is 0 Å². The van der Waals surface area contributed by atoms with Gasteiger partial charge < -0.3 is 19.7 Å². The highest BCUT2D eigenvalue weighted by Gasteiger charge is 2.12. The molecule has 0 radical (unpaired) electrons. The van der Waals surface area contributed by atoms with Crippen molar-refractivity contribution in [2.24, 2.45) is 5.92 Å². The zero-order chi connectivity index (χ0) is 17.7. The van der Waals surface area contributed by atoms with Crippen LogP contribution in [-0.4, -0.2) is 61.2 Å². The van der Waals surface area contributed by atoms with Crippen LogP contribution in [0.25, 0.3) is 10.9 Å². The minimum Gasteiger partial charge on any atom is -0.343 e. The predicted molar refractivity (Wildman–Crippen MR) is 100 cm³/mol. The molecule has 0 aliphatic carbocycles. The number of nitrogens with one attached hydrogen (secondary N) is 1. The smallest absolute Gasteiger partial charge is 0.317 e. The number of urea groups is 1. The number of carbonyl (C=O) groups excluding carboxylic acids is 1. The molecule has 2 amide bonds. The minimum absolute atomic E-state index is 0.00489. The van der Waals surface area contributed by atoms with E-state index in [1.165, 1.54) is 16.6 Å². The highest BCUT2D eigenvalue weighted by Crippen LogP contribution is 2.18. The van der Waals surface area contributed by atoms with Crippen molar-refractivity contribution in [1.82, 2.24) is 19.7 Å². The monoisotopic (exact) mass is 330 g/mol. The van der Waals surface area contributed by atoms with Gasteiger partial charge >= 0.3 is 6.03 Å². The Morgan fingerprint density at radius 2 is 1.96 bits per heavy atom. The lowest BCUT2D eigenvalue weighted by Gasteiger charge is -2.22. The maximum Gasteiger partial charge on any atom is 0.317 e.